The highest BCUT2D eigenvalue weighted by atomic mass is 35.5. The molecule has 3 heteroatoms. The quantitative estimate of drug-likeness (QED) is 0.695. The summed E-state index contributed by atoms with van der Waals surface area (Å²) in [6.07, 6.45) is 2.13. The van der Waals surface area contributed by atoms with E-state index in [9.17, 15) is 0 Å². The fraction of sp³-hybridized carbons (Fsp3) is 0.571. The molecule has 0 saturated heterocycles. The van der Waals surface area contributed by atoms with Gasteiger partial charge in [-0.15, -0.1) is 11.6 Å². The van der Waals surface area contributed by atoms with Gasteiger partial charge in [-0.2, -0.15) is 0 Å². The number of aryl methyl sites for hydroxylation is 1. The van der Waals surface area contributed by atoms with Crippen LogP contribution in [0.2, 0.25) is 0 Å². The van der Waals surface area contributed by atoms with Crippen LogP contribution >= 0.6 is 11.6 Å². The van der Waals surface area contributed by atoms with Crippen LogP contribution in [0.15, 0.2) is 18.2 Å². The maximum atomic E-state index is 5.68. The number of hydrogen-bond donors (Lipinski definition) is 0. The second-order valence-electron chi connectivity index (χ2n) is 4.40. The van der Waals surface area contributed by atoms with Gasteiger partial charge in [0.05, 0.1) is 7.11 Å². The molecule has 0 bridgehead atoms. The van der Waals surface area contributed by atoms with E-state index >= 15 is 0 Å². The molecule has 0 atom stereocenters. The van der Waals surface area contributed by atoms with Crippen molar-refractivity contribution in [3.05, 3.63) is 29.3 Å². The zero-order valence-electron chi connectivity index (χ0n) is 11.0. The summed E-state index contributed by atoms with van der Waals surface area (Å²) in [4.78, 5) is 2.32. The Kier molecular flexibility index (Phi) is 6.38. The molecule has 2 nitrogen and oxygen atoms in total. The lowest BCUT2D eigenvalue weighted by Crippen LogP contribution is -2.22. The van der Waals surface area contributed by atoms with Gasteiger partial charge in [-0.3, -0.25) is 0 Å². The Labute approximate surface area is 110 Å². The molecule has 0 saturated carbocycles. The molecule has 0 fully saturated rings. The lowest BCUT2D eigenvalue weighted by Gasteiger charge is -2.16. The third kappa shape index (κ3) is 4.97. The zero-order valence-corrected chi connectivity index (χ0v) is 11.8. The second-order valence-corrected chi connectivity index (χ2v) is 4.78. The van der Waals surface area contributed by atoms with Crippen LogP contribution < -0.4 is 4.74 Å². The van der Waals surface area contributed by atoms with Gasteiger partial charge < -0.3 is 9.64 Å². The summed E-state index contributed by atoms with van der Waals surface area (Å²) in [5.41, 5.74) is 2.56. The van der Waals surface area contributed by atoms with E-state index in [1.54, 1.807) is 7.11 Å². The van der Waals surface area contributed by atoms with Crippen molar-refractivity contribution in [1.29, 1.82) is 0 Å². The third-order valence-electron chi connectivity index (χ3n) is 2.91. The van der Waals surface area contributed by atoms with Crippen LogP contribution in [0.1, 0.15) is 17.5 Å². The summed E-state index contributed by atoms with van der Waals surface area (Å²) in [5, 5.41) is 0. The molecule has 17 heavy (non-hydrogen) atoms. The maximum absolute atomic E-state index is 5.68. The number of methoxy groups -OCH3 is 1. The van der Waals surface area contributed by atoms with Crippen LogP contribution in [0.5, 0.6) is 5.75 Å². The van der Waals surface area contributed by atoms with Crippen molar-refractivity contribution in [3.8, 4) is 5.75 Å². The molecule has 1 rings (SSSR count). The Hall–Kier alpha value is -0.730. The van der Waals surface area contributed by atoms with Crippen molar-refractivity contribution in [2.24, 2.45) is 0 Å². The van der Waals surface area contributed by atoms with Gasteiger partial charge in [-0.05, 0) is 50.6 Å². The van der Waals surface area contributed by atoms with Crippen LogP contribution in [0.4, 0.5) is 0 Å². The summed E-state index contributed by atoms with van der Waals surface area (Å²) in [5.74, 6) is 1.70. The van der Waals surface area contributed by atoms with Gasteiger partial charge in [0.2, 0.25) is 0 Å². The summed E-state index contributed by atoms with van der Waals surface area (Å²) in [6, 6.07) is 6.39. The van der Waals surface area contributed by atoms with Gasteiger partial charge in [-0.1, -0.05) is 12.1 Å². The minimum absolute atomic E-state index is 0.742. The first-order valence-corrected chi connectivity index (χ1v) is 6.59. The SMILES string of the molecule is COc1ccc(CCN(C)CCCCl)cc1C. The first-order chi connectivity index (χ1) is 8.17. The number of ether oxygens (including phenoxy) is 1. The average molecular weight is 256 g/mol. The van der Waals surface area contributed by atoms with Crippen LogP contribution in [0.25, 0.3) is 0 Å². The molecule has 1 aromatic carbocycles. The molecule has 1 aromatic rings. The normalized spacial score (nSPS) is 10.9. The largest absolute Gasteiger partial charge is 0.496 e. The third-order valence-corrected chi connectivity index (χ3v) is 3.18. The summed E-state index contributed by atoms with van der Waals surface area (Å²) in [7, 11) is 3.85. The summed E-state index contributed by atoms with van der Waals surface area (Å²) < 4.78 is 5.25. The topological polar surface area (TPSA) is 12.5 Å². The summed E-state index contributed by atoms with van der Waals surface area (Å²) in [6.45, 7) is 4.22. The Morgan fingerprint density at radius 1 is 1.29 bits per heavy atom. The molecule has 0 radical (unpaired) electrons. The van der Waals surface area contributed by atoms with Crippen LogP contribution in [0.3, 0.4) is 0 Å². The van der Waals surface area contributed by atoms with E-state index in [0.717, 1.165) is 37.6 Å². The van der Waals surface area contributed by atoms with E-state index < -0.39 is 0 Å². The van der Waals surface area contributed by atoms with Crippen molar-refractivity contribution in [2.75, 3.05) is 33.1 Å². The van der Waals surface area contributed by atoms with Gasteiger partial charge in [0, 0.05) is 12.4 Å². The molecule has 96 valence electrons. The molecule has 0 aliphatic rings. The zero-order chi connectivity index (χ0) is 12.7. The molecule has 0 spiro atoms. The van der Waals surface area contributed by atoms with E-state index in [2.05, 4.69) is 31.0 Å². The van der Waals surface area contributed by atoms with Gasteiger partial charge in [0.25, 0.3) is 0 Å². The minimum Gasteiger partial charge on any atom is -0.496 e. The maximum Gasteiger partial charge on any atom is 0.121 e. The highest BCUT2D eigenvalue weighted by Crippen LogP contribution is 2.18. The van der Waals surface area contributed by atoms with Crippen molar-refractivity contribution in [3.63, 3.8) is 0 Å². The monoisotopic (exact) mass is 255 g/mol. The van der Waals surface area contributed by atoms with E-state index in [0.29, 0.717) is 0 Å². The minimum atomic E-state index is 0.742. The summed E-state index contributed by atoms with van der Waals surface area (Å²) >= 11 is 5.68. The number of hydrogen-bond acceptors (Lipinski definition) is 2. The molecule has 0 heterocycles. The predicted molar refractivity (Wildman–Crippen MR) is 74.3 cm³/mol. The molecular weight excluding hydrogens is 234 g/mol. The van der Waals surface area contributed by atoms with E-state index in [1.807, 2.05) is 6.07 Å². The lowest BCUT2D eigenvalue weighted by molar-refractivity contribution is 0.340. The molecule has 0 unspecified atom stereocenters. The molecular formula is C14H22ClNO. The van der Waals surface area contributed by atoms with Gasteiger partial charge in [0.1, 0.15) is 5.75 Å². The second kappa shape index (κ2) is 7.57. The van der Waals surface area contributed by atoms with E-state index in [-0.39, 0.29) is 0 Å². The first-order valence-electron chi connectivity index (χ1n) is 6.05. The Bertz CT molecular complexity index is 341. The fourth-order valence-corrected chi connectivity index (χ4v) is 1.98. The highest BCUT2D eigenvalue weighted by molar-refractivity contribution is 6.17. The van der Waals surface area contributed by atoms with Crippen molar-refractivity contribution in [1.82, 2.24) is 4.90 Å². The van der Waals surface area contributed by atoms with Gasteiger partial charge in [0.15, 0.2) is 0 Å². The number of benzene rings is 1. The van der Waals surface area contributed by atoms with Crippen LogP contribution in [-0.4, -0.2) is 38.0 Å². The van der Waals surface area contributed by atoms with Crippen molar-refractivity contribution in [2.45, 2.75) is 19.8 Å². The smallest absolute Gasteiger partial charge is 0.121 e. The number of rotatable bonds is 7. The number of alkyl halides is 1. The van der Waals surface area contributed by atoms with Crippen molar-refractivity contribution >= 4 is 11.6 Å². The van der Waals surface area contributed by atoms with Gasteiger partial charge >= 0.3 is 0 Å². The average Bonchev–Trinajstić information content (AvgIpc) is 2.34. The standard InChI is InChI=1S/C14H22ClNO/c1-12-11-13(5-6-14(12)17-3)7-10-16(2)9-4-8-15/h5-6,11H,4,7-10H2,1-3H3. The molecule has 0 aliphatic carbocycles. The number of nitrogens with zero attached hydrogens (tertiary/aromatic N) is 1. The van der Waals surface area contributed by atoms with E-state index in [4.69, 9.17) is 16.3 Å². The van der Waals surface area contributed by atoms with Gasteiger partial charge in [-0.25, -0.2) is 0 Å². The highest BCUT2D eigenvalue weighted by Gasteiger charge is 2.02. The molecule has 0 aliphatic heterocycles. The van der Waals surface area contributed by atoms with Crippen LogP contribution in [-0.2, 0) is 6.42 Å². The predicted octanol–water partition coefficient (Wildman–Crippen LogP) is 3.11. The lowest BCUT2D eigenvalue weighted by atomic mass is 10.1. The Morgan fingerprint density at radius 2 is 2.06 bits per heavy atom. The fourth-order valence-electron chi connectivity index (χ4n) is 1.86. The molecule has 0 aromatic heterocycles. The number of halogens is 1. The van der Waals surface area contributed by atoms with Crippen molar-refractivity contribution < 1.29 is 4.74 Å². The number of likely N-dealkylation sites (N-methyl/N-ethyl adjacent to an activating group) is 1. The van der Waals surface area contributed by atoms with Crippen LogP contribution in [0, 0.1) is 6.92 Å². The Morgan fingerprint density at radius 3 is 2.65 bits per heavy atom. The Balaban J connectivity index is 2.44. The van der Waals surface area contributed by atoms with E-state index in [1.165, 1.54) is 11.1 Å². The molecule has 0 amide bonds. The first kappa shape index (κ1) is 14.3. The molecule has 0 N–H and O–H groups in total.